The second-order valence-corrected chi connectivity index (χ2v) is 2.54. The Kier molecular flexibility index (Phi) is 2.06. The van der Waals surface area contributed by atoms with Crippen LogP contribution in [0.1, 0.15) is 4.88 Å². The number of thiophene rings is 1. The summed E-state index contributed by atoms with van der Waals surface area (Å²) in [5.41, 5.74) is 0. The van der Waals surface area contributed by atoms with Crippen molar-refractivity contribution < 1.29 is 0 Å². The van der Waals surface area contributed by atoms with E-state index in [-0.39, 0.29) is 0 Å². The minimum atomic E-state index is 0.887. The van der Waals surface area contributed by atoms with Crippen LogP contribution < -0.4 is 5.32 Å². The molecule has 1 N–H and O–H groups in total. The summed E-state index contributed by atoms with van der Waals surface area (Å²) in [6.45, 7) is 0.887. The molecule has 1 aromatic heterocycles. The summed E-state index contributed by atoms with van der Waals surface area (Å²) in [5.74, 6) is 0. The predicted octanol–water partition coefficient (Wildman–Crippen LogP) is 1.63. The molecule has 0 amide bonds. The monoisotopic (exact) mass is 126 g/mol. The SMILES string of the molecule is [CH2]NCc1cccs1. The third kappa shape index (κ3) is 1.32. The van der Waals surface area contributed by atoms with E-state index < -0.39 is 0 Å². The van der Waals surface area contributed by atoms with Gasteiger partial charge in [0.2, 0.25) is 0 Å². The van der Waals surface area contributed by atoms with E-state index in [2.05, 4.69) is 23.8 Å². The number of hydrogen-bond donors (Lipinski definition) is 1. The predicted molar refractivity (Wildman–Crippen MR) is 36.5 cm³/mol. The van der Waals surface area contributed by atoms with Crippen molar-refractivity contribution in [3.05, 3.63) is 29.4 Å². The minimum Gasteiger partial charge on any atom is -0.311 e. The van der Waals surface area contributed by atoms with Crippen molar-refractivity contribution >= 4 is 11.3 Å². The van der Waals surface area contributed by atoms with Gasteiger partial charge in [-0.05, 0) is 11.4 Å². The maximum atomic E-state index is 3.52. The van der Waals surface area contributed by atoms with E-state index >= 15 is 0 Å². The quantitative estimate of drug-likeness (QED) is 0.635. The van der Waals surface area contributed by atoms with Crippen LogP contribution in [0.2, 0.25) is 0 Å². The fourth-order valence-electron chi connectivity index (χ4n) is 0.536. The zero-order valence-electron chi connectivity index (χ0n) is 4.55. The highest BCUT2D eigenvalue weighted by Crippen LogP contribution is 2.06. The summed E-state index contributed by atoms with van der Waals surface area (Å²) >= 11 is 1.74. The Labute approximate surface area is 53.4 Å². The lowest BCUT2D eigenvalue weighted by Crippen LogP contribution is -1.98. The van der Waals surface area contributed by atoms with Gasteiger partial charge in [-0.1, -0.05) is 6.07 Å². The largest absolute Gasteiger partial charge is 0.311 e. The fraction of sp³-hybridized carbons (Fsp3) is 0.167. The molecule has 0 aromatic carbocycles. The molecule has 1 aromatic rings. The van der Waals surface area contributed by atoms with Gasteiger partial charge in [-0.2, -0.15) is 0 Å². The standard InChI is InChI=1S/C6H8NS/c1-7-5-6-3-2-4-8-6/h2-4,7H,1,5H2. The Hall–Kier alpha value is -0.340. The molecular weight excluding hydrogens is 118 g/mol. The molecule has 0 aliphatic heterocycles. The third-order valence-electron chi connectivity index (χ3n) is 0.879. The summed E-state index contributed by atoms with van der Waals surface area (Å²) in [7, 11) is 3.52. The Morgan fingerprint density at radius 2 is 2.62 bits per heavy atom. The molecule has 0 saturated heterocycles. The first-order valence-electron chi connectivity index (χ1n) is 2.46. The van der Waals surface area contributed by atoms with Gasteiger partial charge in [-0.15, -0.1) is 11.3 Å². The minimum absolute atomic E-state index is 0.887. The van der Waals surface area contributed by atoms with E-state index in [9.17, 15) is 0 Å². The highest BCUT2D eigenvalue weighted by molar-refractivity contribution is 7.09. The second-order valence-electron chi connectivity index (χ2n) is 1.51. The Balaban J connectivity index is 2.50. The molecule has 0 atom stereocenters. The van der Waals surface area contributed by atoms with Gasteiger partial charge in [0.1, 0.15) is 0 Å². The van der Waals surface area contributed by atoms with Crippen LogP contribution in [0.5, 0.6) is 0 Å². The molecule has 0 fully saturated rings. The maximum absolute atomic E-state index is 3.52. The number of hydrogen-bond acceptors (Lipinski definition) is 2. The molecule has 0 aliphatic carbocycles. The smallest absolute Gasteiger partial charge is 0.0300 e. The lowest BCUT2D eigenvalue weighted by Gasteiger charge is -1.89. The summed E-state index contributed by atoms with van der Waals surface area (Å²) < 4.78 is 0. The molecule has 0 saturated carbocycles. The van der Waals surface area contributed by atoms with Crippen LogP contribution in [0, 0.1) is 7.05 Å². The van der Waals surface area contributed by atoms with Crippen molar-refractivity contribution in [3.63, 3.8) is 0 Å². The van der Waals surface area contributed by atoms with E-state index in [1.165, 1.54) is 4.88 Å². The Morgan fingerprint density at radius 3 is 3.12 bits per heavy atom. The van der Waals surface area contributed by atoms with Crippen molar-refractivity contribution in [2.45, 2.75) is 6.54 Å². The first-order chi connectivity index (χ1) is 3.93. The molecule has 0 unspecified atom stereocenters. The van der Waals surface area contributed by atoms with E-state index in [1.54, 1.807) is 11.3 Å². The highest BCUT2D eigenvalue weighted by atomic mass is 32.1. The molecular formula is C6H8NS. The lowest BCUT2D eigenvalue weighted by molar-refractivity contribution is 0.883. The first-order valence-corrected chi connectivity index (χ1v) is 3.34. The summed E-state index contributed by atoms with van der Waals surface area (Å²) in [6, 6.07) is 4.13. The summed E-state index contributed by atoms with van der Waals surface area (Å²) in [4.78, 5) is 1.33. The van der Waals surface area contributed by atoms with Crippen LogP contribution in [0.3, 0.4) is 0 Å². The molecule has 1 nitrogen and oxygen atoms in total. The van der Waals surface area contributed by atoms with Crippen LogP contribution in [-0.4, -0.2) is 0 Å². The fourth-order valence-corrected chi connectivity index (χ4v) is 1.21. The van der Waals surface area contributed by atoms with E-state index in [1.807, 2.05) is 6.07 Å². The van der Waals surface area contributed by atoms with Crippen molar-refractivity contribution in [2.24, 2.45) is 0 Å². The third-order valence-corrected chi connectivity index (χ3v) is 1.76. The van der Waals surface area contributed by atoms with Gasteiger partial charge in [-0.3, -0.25) is 0 Å². The van der Waals surface area contributed by atoms with Crippen LogP contribution >= 0.6 is 11.3 Å². The lowest BCUT2D eigenvalue weighted by atomic mass is 10.5. The van der Waals surface area contributed by atoms with Gasteiger partial charge in [0.25, 0.3) is 0 Å². The zero-order chi connectivity index (χ0) is 5.82. The van der Waals surface area contributed by atoms with Gasteiger partial charge in [0.05, 0.1) is 0 Å². The molecule has 0 bridgehead atoms. The number of rotatable bonds is 2. The van der Waals surface area contributed by atoms with Crippen LogP contribution in [-0.2, 0) is 6.54 Å². The molecule has 0 spiro atoms. The summed E-state index contributed by atoms with van der Waals surface area (Å²) in [6.07, 6.45) is 0. The van der Waals surface area contributed by atoms with E-state index in [0.717, 1.165) is 6.54 Å². The molecule has 43 valence electrons. The van der Waals surface area contributed by atoms with Crippen LogP contribution in [0.15, 0.2) is 17.5 Å². The van der Waals surface area contributed by atoms with E-state index in [0.29, 0.717) is 0 Å². The second kappa shape index (κ2) is 2.84. The Morgan fingerprint density at radius 1 is 1.75 bits per heavy atom. The Bertz CT molecular complexity index is 134. The van der Waals surface area contributed by atoms with Gasteiger partial charge in [-0.25, -0.2) is 0 Å². The molecule has 1 radical (unpaired) electrons. The van der Waals surface area contributed by atoms with Gasteiger partial charge < -0.3 is 5.32 Å². The van der Waals surface area contributed by atoms with Crippen molar-refractivity contribution in [1.82, 2.24) is 5.32 Å². The normalized spacial score (nSPS) is 9.62. The topological polar surface area (TPSA) is 12.0 Å². The molecule has 8 heavy (non-hydrogen) atoms. The van der Waals surface area contributed by atoms with Gasteiger partial charge in [0, 0.05) is 18.5 Å². The molecule has 1 heterocycles. The van der Waals surface area contributed by atoms with Crippen LogP contribution in [0.4, 0.5) is 0 Å². The van der Waals surface area contributed by atoms with Crippen molar-refractivity contribution in [2.75, 3.05) is 0 Å². The van der Waals surface area contributed by atoms with Crippen LogP contribution in [0.25, 0.3) is 0 Å². The van der Waals surface area contributed by atoms with Gasteiger partial charge in [0.15, 0.2) is 0 Å². The summed E-state index contributed by atoms with van der Waals surface area (Å²) in [5, 5.41) is 4.89. The average Bonchev–Trinajstić information content (AvgIpc) is 2.19. The first kappa shape index (κ1) is 5.79. The molecule has 1 rings (SSSR count). The van der Waals surface area contributed by atoms with Crippen molar-refractivity contribution in [3.8, 4) is 0 Å². The molecule has 2 heteroatoms. The van der Waals surface area contributed by atoms with E-state index in [4.69, 9.17) is 0 Å². The highest BCUT2D eigenvalue weighted by Gasteiger charge is 1.86. The maximum Gasteiger partial charge on any atom is 0.0300 e. The van der Waals surface area contributed by atoms with Crippen molar-refractivity contribution in [1.29, 1.82) is 0 Å². The molecule has 0 aliphatic rings. The number of nitrogens with one attached hydrogen (secondary N) is 1. The zero-order valence-corrected chi connectivity index (χ0v) is 5.37. The van der Waals surface area contributed by atoms with Gasteiger partial charge >= 0.3 is 0 Å². The average molecular weight is 126 g/mol.